The average Bonchev–Trinajstić information content (AvgIpc) is 2.96. The van der Waals surface area contributed by atoms with E-state index in [9.17, 15) is 9.18 Å². The van der Waals surface area contributed by atoms with E-state index < -0.39 is 18.2 Å². The number of alkyl halides is 1. The number of esters is 1. The molecule has 1 aromatic heterocycles. The highest BCUT2D eigenvalue weighted by Crippen LogP contribution is 2.32. The first-order chi connectivity index (χ1) is 9.70. The van der Waals surface area contributed by atoms with Gasteiger partial charge in [-0.05, 0) is 12.5 Å². The molecule has 2 unspecified atom stereocenters. The Morgan fingerprint density at radius 3 is 2.90 bits per heavy atom. The van der Waals surface area contributed by atoms with Crippen LogP contribution in [0.2, 0.25) is 0 Å². The summed E-state index contributed by atoms with van der Waals surface area (Å²) in [7, 11) is 0. The number of rotatable bonds is 3. The Balaban J connectivity index is 1.95. The van der Waals surface area contributed by atoms with Crippen molar-refractivity contribution in [2.45, 2.75) is 25.6 Å². The summed E-state index contributed by atoms with van der Waals surface area (Å²) < 4.78 is 20.5. The van der Waals surface area contributed by atoms with E-state index in [4.69, 9.17) is 4.74 Å². The van der Waals surface area contributed by atoms with E-state index in [2.05, 4.69) is 10.1 Å². The molecule has 20 heavy (non-hydrogen) atoms. The van der Waals surface area contributed by atoms with Crippen LogP contribution in [0, 0.1) is 0 Å². The Hall–Kier alpha value is -2.24. The van der Waals surface area contributed by atoms with Crippen LogP contribution in [0.25, 0.3) is 0 Å². The molecule has 6 heteroatoms. The van der Waals surface area contributed by atoms with Crippen LogP contribution in [0.4, 0.5) is 4.39 Å². The van der Waals surface area contributed by atoms with Crippen LogP contribution < -0.4 is 0 Å². The minimum absolute atomic E-state index is 0.00492. The van der Waals surface area contributed by atoms with Gasteiger partial charge >= 0.3 is 5.97 Å². The number of hydrogen-bond acceptors (Lipinski definition) is 4. The molecule has 0 aliphatic carbocycles. The predicted molar refractivity (Wildman–Crippen MR) is 69.2 cm³/mol. The first-order valence-electron chi connectivity index (χ1n) is 6.52. The van der Waals surface area contributed by atoms with Gasteiger partial charge in [-0.3, -0.25) is 0 Å². The molecule has 2 heterocycles. The van der Waals surface area contributed by atoms with Gasteiger partial charge < -0.3 is 4.74 Å². The number of nitrogens with zero attached hydrogens (tertiary/aromatic N) is 3. The third-order valence-electron chi connectivity index (χ3n) is 3.28. The monoisotopic (exact) mass is 275 g/mol. The molecule has 2 aromatic rings. The van der Waals surface area contributed by atoms with E-state index in [-0.39, 0.29) is 18.9 Å². The second kappa shape index (κ2) is 5.03. The molecule has 1 aromatic carbocycles. The van der Waals surface area contributed by atoms with Gasteiger partial charge in [0.1, 0.15) is 18.0 Å². The van der Waals surface area contributed by atoms with E-state index in [0.29, 0.717) is 5.82 Å². The summed E-state index contributed by atoms with van der Waals surface area (Å²) in [5, 5.41) is 4.11. The molecule has 0 bridgehead atoms. The van der Waals surface area contributed by atoms with E-state index in [1.54, 1.807) is 6.92 Å². The van der Waals surface area contributed by atoms with Crippen molar-refractivity contribution in [3.05, 3.63) is 47.5 Å². The smallest absolute Gasteiger partial charge is 0.378 e. The van der Waals surface area contributed by atoms with Crippen molar-refractivity contribution in [3.63, 3.8) is 0 Å². The van der Waals surface area contributed by atoms with Gasteiger partial charge in [0.15, 0.2) is 0 Å². The second-order valence-corrected chi connectivity index (χ2v) is 4.59. The number of halogens is 1. The average molecular weight is 275 g/mol. The number of carbonyl (C=O) groups excluding carboxylic acids is 1. The highest BCUT2D eigenvalue weighted by atomic mass is 19.1. The van der Waals surface area contributed by atoms with Gasteiger partial charge in [-0.2, -0.15) is 0 Å². The van der Waals surface area contributed by atoms with Gasteiger partial charge in [-0.15, -0.1) is 5.10 Å². The van der Waals surface area contributed by atoms with Crippen LogP contribution in [-0.4, -0.2) is 33.5 Å². The largest absolute Gasteiger partial charge is 0.460 e. The minimum atomic E-state index is -1.08. The Morgan fingerprint density at radius 2 is 2.20 bits per heavy atom. The van der Waals surface area contributed by atoms with Gasteiger partial charge in [-0.25, -0.2) is 18.9 Å². The lowest BCUT2D eigenvalue weighted by Gasteiger charge is -2.14. The molecule has 0 fully saturated rings. The molecule has 0 radical (unpaired) electrons. The molecule has 5 nitrogen and oxygen atoms in total. The van der Waals surface area contributed by atoms with Gasteiger partial charge in [-0.1, -0.05) is 30.3 Å². The van der Waals surface area contributed by atoms with Crippen molar-refractivity contribution >= 4 is 5.97 Å². The first kappa shape index (κ1) is 12.8. The number of ether oxygens (including phenoxy) is 1. The van der Waals surface area contributed by atoms with Crippen LogP contribution in [0.1, 0.15) is 35.0 Å². The lowest BCUT2D eigenvalue weighted by molar-refractivity contribution is 0.0510. The van der Waals surface area contributed by atoms with E-state index >= 15 is 0 Å². The molecule has 0 amide bonds. The summed E-state index contributed by atoms with van der Waals surface area (Å²) in [5.74, 6) is -0.0966. The zero-order valence-corrected chi connectivity index (χ0v) is 11.0. The second-order valence-electron chi connectivity index (χ2n) is 4.59. The van der Waals surface area contributed by atoms with E-state index in [0.717, 1.165) is 5.56 Å². The van der Waals surface area contributed by atoms with Crippen molar-refractivity contribution in [2.24, 2.45) is 0 Å². The zero-order valence-electron chi connectivity index (χ0n) is 11.0. The van der Waals surface area contributed by atoms with Crippen molar-refractivity contribution in [1.29, 1.82) is 0 Å². The summed E-state index contributed by atoms with van der Waals surface area (Å²) >= 11 is 0. The molecule has 104 valence electrons. The highest BCUT2D eigenvalue weighted by molar-refractivity contribution is 5.85. The fraction of sp³-hybridized carbons (Fsp3) is 0.357. The number of aromatic nitrogens is 3. The SMILES string of the molecule is CCOC(=O)c1nc2n(n1)C(c1ccccc1)C(F)C2. The maximum atomic E-state index is 14.2. The Morgan fingerprint density at radius 1 is 1.45 bits per heavy atom. The lowest BCUT2D eigenvalue weighted by atomic mass is 10.0. The molecular weight excluding hydrogens is 261 g/mol. The minimum Gasteiger partial charge on any atom is -0.460 e. The fourth-order valence-electron chi connectivity index (χ4n) is 2.44. The topological polar surface area (TPSA) is 57.0 Å². The van der Waals surface area contributed by atoms with Crippen LogP contribution in [0.5, 0.6) is 0 Å². The third-order valence-corrected chi connectivity index (χ3v) is 3.28. The molecule has 0 N–H and O–H groups in total. The lowest BCUT2D eigenvalue weighted by Crippen LogP contribution is -2.18. The van der Waals surface area contributed by atoms with E-state index in [1.807, 2.05) is 30.3 Å². The summed E-state index contributed by atoms with van der Waals surface area (Å²) in [6.45, 7) is 1.97. The molecule has 0 spiro atoms. The van der Waals surface area contributed by atoms with Crippen molar-refractivity contribution in [3.8, 4) is 0 Å². The highest BCUT2D eigenvalue weighted by Gasteiger charge is 2.37. The van der Waals surface area contributed by atoms with Crippen LogP contribution >= 0.6 is 0 Å². The van der Waals surface area contributed by atoms with Gasteiger partial charge in [0.2, 0.25) is 0 Å². The van der Waals surface area contributed by atoms with Gasteiger partial charge in [0, 0.05) is 6.42 Å². The molecule has 0 saturated carbocycles. The molecule has 0 saturated heterocycles. The Kier molecular flexibility index (Phi) is 3.22. The quantitative estimate of drug-likeness (QED) is 0.803. The van der Waals surface area contributed by atoms with Crippen molar-refractivity contribution in [1.82, 2.24) is 14.8 Å². The van der Waals surface area contributed by atoms with Gasteiger partial charge in [0.05, 0.1) is 6.61 Å². The fourth-order valence-corrected chi connectivity index (χ4v) is 2.44. The third kappa shape index (κ3) is 2.07. The predicted octanol–water partition coefficient (Wildman–Crippen LogP) is 1.94. The zero-order chi connectivity index (χ0) is 14.1. The number of hydrogen-bond donors (Lipinski definition) is 0. The Bertz CT molecular complexity index is 627. The molecule has 2 atom stereocenters. The number of benzene rings is 1. The summed E-state index contributed by atoms with van der Waals surface area (Å²) in [6.07, 6.45) is -0.921. The maximum Gasteiger partial charge on any atom is 0.378 e. The van der Waals surface area contributed by atoms with Crippen molar-refractivity contribution < 1.29 is 13.9 Å². The van der Waals surface area contributed by atoms with Crippen LogP contribution in [-0.2, 0) is 11.2 Å². The molecule has 1 aliphatic heterocycles. The molecular formula is C14H14FN3O2. The van der Waals surface area contributed by atoms with Crippen LogP contribution in [0.3, 0.4) is 0 Å². The standard InChI is InChI=1S/C14H14FN3O2/c1-2-20-14(19)13-16-11-8-10(15)12(18(11)17-13)9-6-4-3-5-7-9/h3-7,10,12H,2,8H2,1H3. The maximum absolute atomic E-state index is 14.2. The van der Waals surface area contributed by atoms with Crippen LogP contribution in [0.15, 0.2) is 30.3 Å². The van der Waals surface area contributed by atoms with Crippen molar-refractivity contribution in [2.75, 3.05) is 6.61 Å². The summed E-state index contributed by atoms with van der Waals surface area (Å²) in [4.78, 5) is 15.7. The van der Waals surface area contributed by atoms with Gasteiger partial charge in [0.25, 0.3) is 5.82 Å². The number of fused-ring (bicyclic) bond motifs is 1. The summed E-state index contributed by atoms with van der Waals surface area (Å²) in [6, 6.07) is 8.74. The molecule has 3 rings (SSSR count). The summed E-state index contributed by atoms with van der Waals surface area (Å²) in [5.41, 5.74) is 0.819. The molecule has 1 aliphatic rings. The normalized spacial score (nSPS) is 20.7. The number of carbonyl (C=O) groups is 1. The van der Waals surface area contributed by atoms with E-state index in [1.165, 1.54) is 4.68 Å². The Labute approximate surface area is 115 Å². The first-order valence-corrected chi connectivity index (χ1v) is 6.52.